The highest BCUT2D eigenvalue weighted by atomic mass is 32.2. The number of nitrogens with zero attached hydrogens (tertiary/aromatic N) is 2. The Hall–Kier alpha value is -3.32. The van der Waals surface area contributed by atoms with Gasteiger partial charge in [0.25, 0.3) is 0 Å². The predicted octanol–water partition coefficient (Wildman–Crippen LogP) is 4.67. The molecule has 0 aliphatic heterocycles. The number of hydrogen-bond acceptors (Lipinski definition) is 5. The van der Waals surface area contributed by atoms with Crippen LogP contribution in [0.3, 0.4) is 0 Å². The number of aromatic amines is 1. The molecular weight excluding hydrogens is 384 g/mol. The Labute approximate surface area is 172 Å². The molecule has 4 aromatic rings. The number of nitrogens with one attached hydrogen (secondary N) is 2. The third kappa shape index (κ3) is 4.25. The highest BCUT2D eigenvalue weighted by Gasteiger charge is 2.13. The second-order valence-electron chi connectivity index (χ2n) is 6.54. The molecule has 2 N–H and O–H groups in total. The van der Waals surface area contributed by atoms with E-state index in [2.05, 4.69) is 20.3 Å². The molecule has 29 heavy (non-hydrogen) atoms. The van der Waals surface area contributed by atoms with Crippen molar-refractivity contribution in [3.05, 3.63) is 66.6 Å². The Kier molecular flexibility index (Phi) is 5.48. The van der Waals surface area contributed by atoms with Crippen LogP contribution in [-0.4, -0.2) is 33.7 Å². The van der Waals surface area contributed by atoms with Crippen LogP contribution >= 0.6 is 11.8 Å². The Morgan fingerprint density at radius 3 is 2.76 bits per heavy atom. The van der Waals surface area contributed by atoms with Crippen molar-refractivity contribution in [2.45, 2.75) is 11.9 Å². The lowest BCUT2D eigenvalue weighted by Crippen LogP contribution is -2.14. The quantitative estimate of drug-likeness (QED) is 0.360. The number of fused-ring (bicyclic) bond motifs is 1. The summed E-state index contributed by atoms with van der Waals surface area (Å²) in [6, 6.07) is 15.6. The molecule has 0 saturated carbocycles. The number of aromatic nitrogens is 3. The first kappa shape index (κ1) is 19.0. The van der Waals surface area contributed by atoms with E-state index in [1.54, 1.807) is 7.11 Å². The second kappa shape index (κ2) is 8.36. The summed E-state index contributed by atoms with van der Waals surface area (Å²) < 4.78 is 5.22. The topological polar surface area (TPSA) is 79.9 Å². The van der Waals surface area contributed by atoms with Gasteiger partial charge in [0.2, 0.25) is 5.91 Å². The summed E-state index contributed by atoms with van der Waals surface area (Å²) in [4.78, 5) is 24.4. The van der Waals surface area contributed by atoms with Crippen LogP contribution in [0.1, 0.15) is 5.56 Å². The second-order valence-corrected chi connectivity index (χ2v) is 7.50. The number of rotatable bonds is 6. The number of hydrogen-bond donors (Lipinski definition) is 2. The van der Waals surface area contributed by atoms with Crippen molar-refractivity contribution >= 4 is 34.4 Å². The average molecular weight is 404 g/mol. The standard InChI is InChI=1S/C22H20N4O2S/c1-14-4-3-5-16(10-14)26-19(27)12-29-22-21-20(24-13-25-22)18(11-23-21)15-6-8-17(28-2)9-7-15/h3-11,13,23H,12H2,1-2H3,(H,26,27). The van der Waals surface area contributed by atoms with Crippen molar-refractivity contribution in [3.63, 3.8) is 0 Å². The van der Waals surface area contributed by atoms with Crippen molar-refractivity contribution in [3.8, 4) is 16.9 Å². The maximum Gasteiger partial charge on any atom is 0.234 e. The largest absolute Gasteiger partial charge is 0.497 e. The van der Waals surface area contributed by atoms with Gasteiger partial charge >= 0.3 is 0 Å². The summed E-state index contributed by atoms with van der Waals surface area (Å²) >= 11 is 1.38. The lowest BCUT2D eigenvalue weighted by molar-refractivity contribution is -0.113. The minimum Gasteiger partial charge on any atom is -0.497 e. The number of carbonyl (C=O) groups is 1. The van der Waals surface area contributed by atoms with E-state index in [1.807, 2.05) is 61.7 Å². The van der Waals surface area contributed by atoms with Crippen molar-refractivity contribution in [2.75, 3.05) is 18.2 Å². The van der Waals surface area contributed by atoms with E-state index in [0.29, 0.717) is 0 Å². The van der Waals surface area contributed by atoms with Crippen molar-refractivity contribution in [1.82, 2.24) is 15.0 Å². The molecule has 0 fully saturated rings. The van der Waals surface area contributed by atoms with Gasteiger partial charge < -0.3 is 15.0 Å². The number of carbonyl (C=O) groups excluding carboxylic acids is 1. The fourth-order valence-corrected chi connectivity index (χ4v) is 3.83. The van der Waals surface area contributed by atoms with Crippen LogP contribution in [0.4, 0.5) is 5.69 Å². The Morgan fingerprint density at radius 1 is 1.17 bits per heavy atom. The highest BCUT2D eigenvalue weighted by molar-refractivity contribution is 8.00. The van der Waals surface area contributed by atoms with Gasteiger partial charge in [0.1, 0.15) is 22.6 Å². The van der Waals surface area contributed by atoms with Gasteiger partial charge in [-0.2, -0.15) is 0 Å². The van der Waals surface area contributed by atoms with Crippen LogP contribution in [0.15, 0.2) is 66.1 Å². The number of anilines is 1. The van der Waals surface area contributed by atoms with Gasteiger partial charge in [0.05, 0.1) is 18.4 Å². The number of ether oxygens (including phenoxy) is 1. The number of H-pyrrole nitrogens is 1. The van der Waals surface area contributed by atoms with Crippen LogP contribution in [0.25, 0.3) is 22.2 Å². The Balaban J connectivity index is 1.51. The molecular formula is C22H20N4O2S. The third-order valence-corrected chi connectivity index (χ3v) is 5.46. The minimum atomic E-state index is -0.0747. The molecule has 0 aliphatic carbocycles. The van der Waals surface area contributed by atoms with Crippen molar-refractivity contribution in [1.29, 1.82) is 0 Å². The smallest absolute Gasteiger partial charge is 0.234 e. The van der Waals surface area contributed by atoms with Gasteiger partial charge in [-0.25, -0.2) is 9.97 Å². The number of amides is 1. The van der Waals surface area contributed by atoms with Gasteiger partial charge in [-0.05, 0) is 42.3 Å². The summed E-state index contributed by atoms with van der Waals surface area (Å²) in [5.41, 5.74) is 5.56. The summed E-state index contributed by atoms with van der Waals surface area (Å²) in [6.07, 6.45) is 3.45. The van der Waals surface area contributed by atoms with Gasteiger partial charge in [0.15, 0.2) is 0 Å². The van der Waals surface area contributed by atoms with E-state index in [9.17, 15) is 4.79 Å². The molecule has 2 aromatic heterocycles. The number of methoxy groups -OCH3 is 1. The molecule has 146 valence electrons. The van der Waals surface area contributed by atoms with Crippen LogP contribution in [-0.2, 0) is 4.79 Å². The zero-order valence-electron chi connectivity index (χ0n) is 16.1. The first-order chi connectivity index (χ1) is 14.1. The summed E-state index contributed by atoms with van der Waals surface area (Å²) in [5.74, 6) is 0.991. The molecule has 0 aliphatic rings. The molecule has 0 atom stereocenters. The fraction of sp³-hybridized carbons (Fsp3) is 0.136. The monoisotopic (exact) mass is 404 g/mol. The normalized spacial score (nSPS) is 10.8. The summed E-state index contributed by atoms with van der Waals surface area (Å²) in [6.45, 7) is 1.99. The first-order valence-electron chi connectivity index (χ1n) is 9.10. The SMILES string of the molecule is COc1ccc(-c2c[nH]c3c(SCC(=O)Nc4cccc(C)c4)ncnc23)cc1. The lowest BCUT2D eigenvalue weighted by atomic mass is 10.1. The van der Waals surface area contributed by atoms with Gasteiger partial charge in [-0.15, -0.1) is 0 Å². The Bertz CT molecular complexity index is 1160. The van der Waals surface area contributed by atoms with E-state index in [1.165, 1.54) is 18.1 Å². The lowest BCUT2D eigenvalue weighted by Gasteiger charge is -2.06. The fourth-order valence-electron chi connectivity index (χ4n) is 3.07. The minimum absolute atomic E-state index is 0.0747. The molecule has 0 spiro atoms. The van der Waals surface area contributed by atoms with Gasteiger partial charge in [0, 0.05) is 17.4 Å². The maximum absolute atomic E-state index is 12.3. The molecule has 7 heteroatoms. The number of aryl methyl sites for hydroxylation is 1. The van der Waals surface area contributed by atoms with E-state index < -0.39 is 0 Å². The third-order valence-electron chi connectivity index (χ3n) is 4.47. The van der Waals surface area contributed by atoms with E-state index in [-0.39, 0.29) is 11.7 Å². The molecule has 0 radical (unpaired) electrons. The molecule has 6 nitrogen and oxygen atoms in total. The number of benzene rings is 2. The van der Waals surface area contributed by atoms with E-state index in [4.69, 9.17) is 4.74 Å². The molecule has 0 unspecified atom stereocenters. The highest BCUT2D eigenvalue weighted by Crippen LogP contribution is 2.32. The van der Waals surface area contributed by atoms with Crippen LogP contribution < -0.4 is 10.1 Å². The molecule has 1 amide bonds. The van der Waals surface area contributed by atoms with E-state index in [0.717, 1.165) is 44.2 Å². The zero-order valence-corrected chi connectivity index (χ0v) is 16.9. The maximum atomic E-state index is 12.3. The van der Waals surface area contributed by atoms with Crippen LogP contribution in [0.5, 0.6) is 5.75 Å². The summed E-state index contributed by atoms with van der Waals surface area (Å²) in [5, 5.41) is 3.66. The van der Waals surface area contributed by atoms with Crippen LogP contribution in [0.2, 0.25) is 0 Å². The Morgan fingerprint density at radius 2 is 2.00 bits per heavy atom. The zero-order chi connectivity index (χ0) is 20.2. The van der Waals surface area contributed by atoms with Crippen molar-refractivity contribution < 1.29 is 9.53 Å². The molecule has 2 aromatic carbocycles. The van der Waals surface area contributed by atoms with Gasteiger partial charge in [-0.1, -0.05) is 36.0 Å². The predicted molar refractivity (Wildman–Crippen MR) is 116 cm³/mol. The van der Waals surface area contributed by atoms with Crippen LogP contribution in [0, 0.1) is 6.92 Å². The van der Waals surface area contributed by atoms with Crippen molar-refractivity contribution in [2.24, 2.45) is 0 Å². The molecule has 0 bridgehead atoms. The summed E-state index contributed by atoms with van der Waals surface area (Å²) in [7, 11) is 1.65. The molecule has 4 rings (SSSR count). The van der Waals surface area contributed by atoms with Gasteiger partial charge in [-0.3, -0.25) is 4.79 Å². The molecule has 0 saturated heterocycles. The molecule has 2 heterocycles. The number of thioether (sulfide) groups is 1. The van der Waals surface area contributed by atoms with E-state index >= 15 is 0 Å². The first-order valence-corrected chi connectivity index (χ1v) is 10.1. The average Bonchev–Trinajstić information content (AvgIpc) is 3.17.